The van der Waals surface area contributed by atoms with Crippen molar-refractivity contribution in [1.82, 2.24) is 10.3 Å². The molecule has 1 N–H and O–H groups in total. The molecule has 0 atom stereocenters. The Morgan fingerprint density at radius 1 is 1.15 bits per heavy atom. The Bertz CT molecular complexity index is 396. The van der Waals surface area contributed by atoms with Gasteiger partial charge in [0.1, 0.15) is 0 Å². The molecule has 0 aliphatic rings. The summed E-state index contributed by atoms with van der Waals surface area (Å²) in [6, 6.07) is 2.68. The third-order valence-electron chi connectivity index (χ3n) is 3.30. The number of hydrogen-bond acceptors (Lipinski definition) is 2. The number of hydrogen-bond donors (Lipinski definition) is 1. The summed E-state index contributed by atoms with van der Waals surface area (Å²) in [5.41, 5.74) is 0.331. The van der Waals surface area contributed by atoms with Crippen molar-refractivity contribution in [3.05, 3.63) is 29.8 Å². The first-order valence-corrected chi connectivity index (χ1v) is 7.63. The highest BCUT2D eigenvalue weighted by molar-refractivity contribution is 5.93. The fraction of sp³-hybridized carbons (Fsp3) is 0.625. The van der Waals surface area contributed by atoms with Gasteiger partial charge in [-0.1, -0.05) is 51.9 Å². The van der Waals surface area contributed by atoms with Crippen LogP contribution in [0.2, 0.25) is 0 Å². The number of amides is 1. The average molecular weight is 280 g/mol. The van der Waals surface area contributed by atoms with Crippen LogP contribution < -0.4 is 5.32 Å². The molecule has 0 radical (unpaired) electrons. The Hall–Kier alpha value is -1.45. The predicted octanol–water partition coefficient (Wildman–Crippen LogP) is 4.09. The maximum Gasteiger partial charge on any atom is 0.251 e. The molecular weight excluding hydrogens is 255 g/mol. The molecule has 1 rings (SSSR count). The van der Waals surface area contributed by atoms with E-state index < -0.39 is 5.95 Å². The first-order valence-electron chi connectivity index (χ1n) is 7.63. The van der Waals surface area contributed by atoms with Gasteiger partial charge in [-0.3, -0.25) is 4.79 Å². The summed E-state index contributed by atoms with van der Waals surface area (Å²) in [6.07, 6.45) is 11.2. The Morgan fingerprint density at radius 2 is 1.80 bits per heavy atom. The van der Waals surface area contributed by atoms with Crippen molar-refractivity contribution in [2.45, 2.75) is 58.3 Å². The number of nitrogens with one attached hydrogen (secondary N) is 1. The van der Waals surface area contributed by atoms with E-state index >= 15 is 0 Å². The molecule has 0 aliphatic carbocycles. The van der Waals surface area contributed by atoms with Crippen LogP contribution in [0.5, 0.6) is 0 Å². The standard InChI is InChI=1S/C16H25FN2O/c1-2-3-4-5-6-7-8-9-11-19-16(20)14-10-12-18-15(17)13-14/h10,12-13H,2-9,11H2,1H3,(H,19,20). The molecular formula is C16H25FN2O. The lowest BCUT2D eigenvalue weighted by molar-refractivity contribution is 0.0952. The first kappa shape index (κ1) is 16.6. The fourth-order valence-corrected chi connectivity index (χ4v) is 2.11. The molecule has 0 aliphatic heterocycles. The summed E-state index contributed by atoms with van der Waals surface area (Å²) in [4.78, 5) is 15.1. The second-order valence-electron chi connectivity index (χ2n) is 5.10. The Balaban J connectivity index is 2.02. The van der Waals surface area contributed by atoms with E-state index in [0.29, 0.717) is 12.1 Å². The summed E-state index contributed by atoms with van der Waals surface area (Å²) in [6.45, 7) is 2.87. The van der Waals surface area contributed by atoms with Crippen LogP contribution in [0.15, 0.2) is 18.3 Å². The van der Waals surface area contributed by atoms with Crippen molar-refractivity contribution in [2.24, 2.45) is 0 Å². The minimum absolute atomic E-state index is 0.228. The van der Waals surface area contributed by atoms with Gasteiger partial charge in [0.05, 0.1) is 0 Å². The predicted molar refractivity (Wildman–Crippen MR) is 79.1 cm³/mol. The van der Waals surface area contributed by atoms with Crippen LogP contribution in [0, 0.1) is 5.95 Å². The number of halogens is 1. The molecule has 1 aromatic rings. The molecule has 1 heterocycles. The van der Waals surface area contributed by atoms with Crippen molar-refractivity contribution in [3.63, 3.8) is 0 Å². The minimum Gasteiger partial charge on any atom is -0.352 e. The van der Waals surface area contributed by atoms with E-state index in [0.717, 1.165) is 18.9 Å². The van der Waals surface area contributed by atoms with Crippen LogP contribution in [0.1, 0.15) is 68.6 Å². The lowest BCUT2D eigenvalue weighted by Gasteiger charge is -2.05. The van der Waals surface area contributed by atoms with E-state index in [1.807, 2.05) is 0 Å². The van der Waals surface area contributed by atoms with Crippen molar-refractivity contribution >= 4 is 5.91 Å². The molecule has 0 saturated heterocycles. The van der Waals surface area contributed by atoms with Crippen molar-refractivity contribution in [1.29, 1.82) is 0 Å². The zero-order valence-corrected chi connectivity index (χ0v) is 12.3. The highest BCUT2D eigenvalue weighted by Crippen LogP contribution is 2.08. The Kier molecular flexibility index (Phi) is 8.59. The van der Waals surface area contributed by atoms with Crippen molar-refractivity contribution < 1.29 is 9.18 Å². The fourth-order valence-electron chi connectivity index (χ4n) is 2.11. The van der Waals surface area contributed by atoms with Gasteiger partial charge in [-0.05, 0) is 12.5 Å². The number of carbonyl (C=O) groups is 1. The summed E-state index contributed by atoms with van der Waals surface area (Å²) >= 11 is 0. The van der Waals surface area contributed by atoms with Gasteiger partial charge < -0.3 is 5.32 Å². The van der Waals surface area contributed by atoms with Crippen LogP contribution in [0.25, 0.3) is 0 Å². The largest absolute Gasteiger partial charge is 0.352 e. The van der Waals surface area contributed by atoms with Gasteiger partial charge in [0.15, 0.2) is 0 Å². The van der Waals surface area contributed by atoms with E-state index in [-0.39, 0.29) is 5.91 Å². The van der Waals surface area contributed by atoms with Crippen LogP contribution in [0.3, 0.4) is 0 Å². The number of pyridine rings is 1. The summed E-state index contributed by atoms with van der Waals surface area (Å²) in [7, 11) is 0. The second kappa shape index (κ2) is 10.4. The van der Waals surface area contributed by atoms with Gasteiger partial charge in [-0.15, -0.1) is 0 Å². The maximum absolute atomic E-state index is 12.9. The molecule has 1 amide bonds. The lowest BCUT2D eigenvalue weighted by Crippen LogP contribution is -2.24. The molecule has 112 valence electrons. The SMILES string of the molecule is CCCCCCCCCCNC(=O)c1ccnc(F)c1. The molecule has 0 spiro atoms. The van der Waals surface area contributed by atoms with Crippen LogP contribution in [-0.4, -0.2) is 17.4 Å². The van der Waals surface area contributed by atoms with Crippen LogP contribution in [-0.2, 0) is 0 Å². The quantitative estimate of drug-likeness (QED) is 0.518. The van der Waals surface area contributed by atoms with Gasteiger partial charge >= 0.3 is 0 Å². The van der Waals surface area contributed by atoms with Gasteiger partial charge in [0.2, 0.25) is 5.95 Å². The summed E-state index contributed by atoms with van der Waals surface area (Å²) in [5, 5.41) is 2.80. The van der Waals surface area contributed by atoms with Crippen molar-refractivity contribution in [2.75, 3.05) is 6.54 Å². The first-order chi connectivity index (χ1) is 9.74. The lowest BCUT2D eigenvalue weighted by atomic mass is 10.1. The molecule has 3 nitrogen and oxygen atoms in total. The molecule has 0 bridgehead atoms. The van der Waals surface area contributed by atoms with Crippen molar-refractivity contribution in [3.8, 4) is 0 Å². The van der Waals surface area contributed by atoms with E-state index in [9.17, 15) is 9.18 Å². The van der Waals surface area contributed by atoms with Gasteiger partial charge in [0, 0.05) is 24.4 Å². The van der Waals surface area contributed by atoms with Gasteiger partial charge in [0.25, 0.3) is 5.91 Å². The number of aromatic nitrogens is 1. The number of carbonyl (C=O) groups excluding carboxylic acids is 1. The third kappa shape index (κ3) is 7.22. The van der Waals surface area contributed by atoms with E-state index in [4.69, 9.17) is 0 Å². The number of unbranched alkanes of at least 4 members (excludes halogenated alkanes) is 7. The minimum atomic E-state index is -0.621. The zero-order valence-electron chi connectivity index (χ0n) is 12.3. The monoisotopic (exact) mass is 280 g/mol. The molecule has 0 aromatic carbocycles. The highest BCUT2D eigenvalue weighted by Gasteiger charge is 2.05. The zero-order chi connectivity index (χ0) is 14.6. The molecule has 1 aromatic heterocycles. The van der Waals surface area contributed by atoms with Gasteiger partial charge in [-0.2, -0.15) is 4.39 Å². The summed E-state index contributed by atoms with van der Waals surface area (Å²) < 4.78 is 12.9. The smallest absolute Gasteiger partial charge is 0.251 e. The molecule has 4 heteroatoms. The highest BCUT2D eigenvalue weighted by atomic mass is 19.1. The molecule has 0 saturated carbocycles. The van der Waals surface area contributed by atoms with E-state index in [2.05, 4.69) is 17.2 Å². The second-order valence-corrected chi connectivity index (χ2v) is 5.10. The molecule has 0 unspecified atom stereocenters. The van der Waals surface area contributed by atoms with Gasteiger partial charge in [-0.25, -0.2) is 4.98 Å². The van der Waals surface area contributed by atoms with Crippen LogP contribution >= 0.6 is 0 Å². The summed E-state index contributed by atoms with van der Waals surface area (Å²) in [5.74, 6) is -0.848. The number of nitrogens with zero attached hydrogens (tertiary/aromatic N) is 1. The van der Waals surface area contributed by atoms with Crippen LogP contribution in [0.4, 0.5) is 4.39 Å². The number of rotatable bonds is 10. The Labute approximate surface area is 121 Å². The third-order valence-corrected chi connectivity index (χ3v) is 3.30. The Morgan fingerprint density at radius 3 is 2.45 bits per heavy atom. The average Bonchev–Trinajstić information content (AvgIpc) is 2.45. The van der Waals surface area contributed by atoms with E-state index in [1.165, 1.54) is 50.8 Å². The maximum atomic E-state index is 12.9. The molecule has 20 heavy (non-hydrogen) atoms. The topological polar surface area (TPSA) is 42.0 Å². The van der Waals surface area contributed by atoms with E-state index in [1.54, 1.807) is 0 Å². The molecule has 0 fully saturated rings. The normalized spacial score (nSPS) is 10.5.